The molecule has 2 rings (SSSR count). The van der Waals surface area contributed by atoms with Gasteiger partial charge in [-0.15, -0.1) is 0 Å². The standard InChI is InChI=1S/C8H16BN/c1-6-7-2-4-10(9)5-3-8(6)7/h6-8H,2-5,9H2,1H3/t6-,7+,8?/m1/s1. The molecule has 0 aromatic carbocycles. The van der Waals surface area contributed by atoms with Gasteiger partial charge < -0.3 is 4.81 Å². The molecular weight excluding hydrogens is 121 g/mol. The number of hydrogen-bond donors (Lipinski definition) is 0. The fourth-order valence-corrected chi connectivity index (χ4v) is 2.44. The van der Waals surface area contributed by atoms with Crippen LogP contribution >= 0.6 is 0 Å². The van der Waals surface area contributed by atoms with Gasteiger partial charge in [0.25, 0.3) is 0 Å². The number of fused-ring (bicyclic) bond motifs is 1. The van der Waals surface area contributed by atoms with Gasteiger partial charge in [0.2, 0.25) is 0 Å². The van der Waals surface area contributed by atoms with Crippen LogP contribution in [0.25, 0.3) is 0 Å². The van der Waals surface area contributed by atoms with Crippen LogP contribution in [-0.4, -0.2) is 25.9 Å². The zero-order chi connectivity index (χ0) is 7.14. The first-order valence-electron chi connectivity index (χ1n) is 4.47. The van der Waals surface area contributed by atoms with Crippen molar-refractivity contribution in [3.8, 4) is 0 Å². The Morgan fingerprint density at radius 1 is 1.20 bits per heavy atom. The molecule has 0 aromatic rings. The molecule has 10 heavy (non-hydrogen) atoms. The Morgan fingerprint density at radius 2 is 1.70 bits per heavy atom. The highest BCUT2D eigenvalue weighted by Gasteiger charge is 2.46. The lowest BCUT2D eigenvalue weighted by atomic mass is 10.2. The largest absolute Gasteiger partial charge is 0.349 e. The number of hydrogen-bond acceptors (Lipinski definition) is 1. The summed E-state index contributed by atoms with van der Waals surface area (Å²) in [5, 5.41) is 0. The predicted molar refractivity (Wildman–Crippen MR) is 45.5 cm³/mol. The normalized spacial score (nSPS) is 47.9. The van der Waals surface area contributed by atoms with Crippen LogP contribution in [-0.2, 0) is 0 Å². The molecule has 0 N–H and O–H groups in total. The smallest absolute Gasteiger partial charge is 0.185 e. The Labute approximate surface area is 64.2 Å². The number of nitrogens with zero attached hydrogens (tertiary/aromatic N) is 1. The van der Waals surface area contributed by atoms with Crippen molar-refractivity contribution in [2.75, 3.05) is 13.1 Å². The van der Waals surface area contributed by atoms with Gasteiger partial charge in [-0.2, -0.15) is 0 Å². The van der Waals surface area contributed by atoms with E-state index in [-0.39, 0.29) is 0 Å². The zero-order valence-electron chi connectivity index (χ0n) is 7.01. The highest BCUT2D eigenvalue weighted by molar-refractivity contribution is 6.04. The zero-order valence-corrected chi connectivity index (χ0v) is 7.01. The fourth-order valence-electron chi connectivity index (χ4n) is 2.44. The van der Waals surface area contributed by atoms with Gasteiger partial charge in [-0.25, -0.2) is 0 Å². The van der Waals surface area contributed by atoms with E-state index in [1.54, 1.807) is 0 Å². The fraction of sp³-hybridized carbons (Fsp3) is 1.00. The molecule has 1 nitrogen and oxygen atoms in total. The average Bonchev–Trinajstić information content (AvgIpc) is 2.56. The van der Waals surface area contributed by atoms with Gasteiger partial charge in [-0.05, 0) is 43.7 Å². The molecule has 0 aromatic heterocycles. The molecule has 0 amide bonds. The molecule has 2 aliphatic rings. The lowest BCUT2D eigenvalue weighted by Gasteiger charge is -2.13. The van der Waals surface area contributed by atoms with Gasteiger partial charge in [0.15, 0.2) is 7.98 Å². The minimum Gasteiger partial charge on any atom is -0.349 e. The summed E-state index contributed by atoms with van der Waals surface area (Å²) < 4.78 is 0. The molecule has 0 radical (unpaired) electrons. The first-order valence-corrected chi connectivity index (χ1v) is 4.47. The summed E-state index contributed by atoms with van der Waals surface area (Å²) in [4.78, 5) is 2.47. The van der Waals surface area contributed by atoms with Crippen LogP contribution < -0.4 is 0 Å². The second-order valence-electron chi connectivity index (χ2n) is 4.07. The van der Waals surface area contributed by atoms with Crippen molar-refractivity contribution in [2.24, 2.45) is 17.8 Å². The SMILES string of the molecule is BN1CCC2[C@@H](CC1)[C@H]2C. The maximum Gasteiger partial charge on any atom is 0.185 e. The van der Waals surface area contributed by atoms with Gasteiger partial charge in [-0.3, -0.25) is 0 Å². The lowest BCUT2D eigenvalue weighted by molar-refractivity contribution is 0.434. The van der Waals surface area contributed by atoms with Crippen LogP contribution in [0, 0.1) is 17.8 Å². The molecule has 1 saturated heterocycles. The van der Waals surface area contributed by atoms with E-state index in [4.69, 9.17) is 0 Å². The minimum absolute atomic E-state index is 1.06. The van der Waals surface area contributed by atoms with E-state index < -0.39 is 0 Å². The molecule has 1 aliphatic heterocycles. The van der Waals surface area contributed by atoms with Crippen LogP contribution in [0.15, 0.2) is 0 Å². The Balaban J connectivity index is 1.91. The van der Waals surface area contributed by atoms with Crippen molar-refractivity contribution in [1.82, 2.24) is 4.81 Å². The number of rotatable bonds is 0. The molecule has 1 unspecified atom stereocenters. The molecule has 2 fully saturated rings. The van der Waals surface area contributed by atoms with Gasteiger partial charge in [-0.1, -0.05) is 6.92 Å². The lowest BCUT2D eigenvalue weighted by Crippen LogP contribution is -2.21. The third-order valence-electron chi connectivity index (χ3n) is 3.45. The van der Waals surface area contributed by atoms with Crippen molar-refractivity contribution in [3.63, 3.8) is 0 Å². The van der Waals surface area contributed by atoms with Crippen LogP contribution in [0.1, 0.15) is 19.8 Å². The van der Waals surface area contributed by atoms with E-state index in [0.29, 0.717) is 0 Å². The monoisotopic (exact) mass is 137 g/mol. The van der Waals surface area contributed by atoms with E-state index in [0.717, 1.165) is 17.8 Å². The van der Waals surface area contributed by atoms with Crippen molar-refractivity contribution in [3.05, 3.63) is 0 Å². The summed E-state index contributed by atoms with van der Waals surface area (Å²) in [5.74, 6) is 3.27. The van der Waals surface area contributed by atoms with E-state index in [2.05, 4.69) is 19.7 Å². The van der Waals surface area contributed by atoms with Crippen LogP contribution in [0.3, 0.4) is 0 Å². The molecule has 0 bridgehead atoms. The molecule has 1 heterocycles. The predicted octanol–water partition coefficient (Wildman–Crippen LogP) is 0.512. The first-order chi connectivity index (χ1) is 4.79. The molecule has 2 heteroatoms. The quantitative estimate of drug-likeness (QED) is 0.440. The summed E-state index contributed by atoms with van der Waals surface area (Å²) in [6.07, 6.45) is 2.92. The molecular formula is C8H16BN. The second-order valence-corrected chi connectivity index (χ2v) is 4.07. The Hall–Kier alpha value is 0.0249. The van der Waals surface area contributed by atoms with Crippen LogP contribution in [0.5, 0.6) is 0 Å². The summed E-state index contributed by atoms with van der Waals surface area (Å²) in [6, 6.07) is 0. The van der Waals surface area contributed by atoms with Crippen LogP contribution in [0.4, 0.5) is 0 Å². The topological polar surface area (TPSA) is 3.24 Å². The third kappa shape index (κ3) is 0.988. The molecule has 1 saturated carbocycles. The molecule has 0 spiro atoms. The highest BCUT2D eigenvalue weighted by Crippen LogP contribution is 2.51. The maximum atomic E-state index is 2.47. The molecule has 56 valence electrons. The van der Waals surface area contributed by atoms with Crippen LogP contribution in [0.2, 0.25) is 0 Å². The third-order valence-corrected chi connectivity index (χ3v) is 3.45. The van der Waals surface area contributed by atoms with Crippen molar-refractivity contribution in [2.45, 2.75) is 19.8 Å². The van der Waals surface area contributed by atoms with E-state index in [1.807, 2.05) is 0 Å². The summed E-state index contributed by atoms with van der Waals surface area (Å²) in [7, 11) is 2.25. The average molecular weight is 137 g/mol. The Kier molecular flexibility index (Phi) is 1.52. The van der Waals surface area contributed by atoms with Gasteiger partial charge in [0.1, 0.15) is 0 Å². The van der Waals surface area contributed by atoms with Gasteiger partial charge >= 0.3 is 0 Å². The van der Waals surface area contributed by atoms with Crippen molar-refractivity contribution >= 4 is 7.98 Å². The van der Waals surface area contributed by atoms with Gasteiger partial charge in [0.05, 0.1) is 0 Å². The van der Waals surface area contributed by atoms with Crippen molar-refractivity contribution in [1.29, 1.82) is 0 Å². The molecule has 1 aliphatic carbocycles. The molecule has 3 atom stereocenters. The van der Waals surface area contributed by atoms with E-state index in [1.165, 1.54) is 25.9 Å². The van der Waals surface area contributed by atoms with Gasteiger partial charge in [0, 0.05) is 0 Å². The van der Waals surface area contributed by atoms with Crippen molar-refractivity contribution < 1.29 is 0 Å². The van der Waals surface area contributed by atoms with E-state index >= 15 is 0 Å². The summed E-state index contributed by atoms with van der Waals surface area (Å²) in [6.45, 7) is 5.09. The highest BCUT2D eigenvalue weighted by atomic mass is 15.0. The summed E-state index contributed by atoms with van der Waals surface area (Å²) >= 11 is 0. The Morgan fingerprint density at radius 3 is 2.20 bits per heavy atom. The Bertz CT molecular complexity index is 123. The first kappa shape index (κ1) is 6.72. The minimum atomic E-state index is 1.06. The second kappa shape index (κ2) is 2.26. The maximum absolute atomic E-state index is 2.47. The van der Waals surface area contributed by atoms with E-state index in [9.17, 15) is 0 Å². The summed E-state index contributed by atoms with van der Waals surface area (Å²) in [5.41, 5.74) is 0.